The molecule has 0 radical (unpaired) electrons. The fourth-order valence-electron chi connectivity index (χ4n) is 3.42. The first-order valence-corrected chi connectivity index (χ1v) is 8.84. The Bertz CT molecular complexity index is 753. The van der Waals surface area contributed by atoms with Crippen molar-refractivity contribution in [3.63, 3.8) is 0 Å². The Labute approximate surface area is 138 Å². The first-order chi connectivity index (χ1) is 11.1. The maximum Gasteiger partial charge on any atom is 0.157 e. The van der Waals surface area contributed by atoms with Crippen molar-refractivity contribution in [2.75, 3.05) is 12.3 Å². The van der Waals surface area contributed by atoms with Gasteiger partial charge in [0.1, 0.15) is 5.82 Å². The van der Waals surface area contributed by atoms with Gasteiger partial charge in [-0.05, 0) is 37.0 Å². The highest BCUT2D eigenvalue weighted by Gasteiger charge is 2.40. The predicted molar refractivity (Wildman–Crippen MR) is 89.7 cm³/mol. The molecule has 2 N–H and O–H groups in total. The van der Waals surface area contributed by atoms with Crippen molar-refractivity contribution in [3.05, 3.63) is 52.2 Å². The standard InChI is InChI=1S/C18H19FN2OS/c19-14-4-2-1-3-13(14)17(18(22)11-5-6-11)21-8-7-15-12(10-21)9-16(20)23-15/h1-4,9,11,17H,5-8,10,20H2. The molecule has 2 aromatic rings. The minimum absolute atomic E-state index is 0.105. The van der Waals surface area contributed by atoms with Crippen molar-refractivity contribution in [1.29, 1.82) is 0 Å². The molecule has 0 bridgehead atoms. The molecule has 5 heteroatoms. The monoisotopic (exact) mass is 330 g/mol. The smallest absolute Gasteiger partial charge is 0.157 e. The second-order valence-corrected chi connectivity index (χ2v) is 7.59. The summed E-state index contributed by atoms with van der Waals surface area (Å²) in [5, 5.41) is 0.813. The third-order valence-corrected chi connectivity index (χ3v) is 5.80. The summed E-state index contributed by atoms with van der Waals surface area (Å²) >= 11 is 1.62. The highest BCUT2D eigenvalue weighted by molar-refractivity contribution is 7.16. The number of carbonyl (C=O) groups is 1. The average molecular weight is 330 g/mol. The minimum Gasteiger partial charge on any atom is -0.391 e. The third-order valence-electron chi connectivity index (χ3n) is 4.73. The molecule has 4 rings (SSSR count). The van der Waals surface area contributed by atoms with E-state index in [1.54, 1.807) is 23.5 Å². The van der Waals surface area contributed by atoms with E-state index in [0.717, 1.165) is 30.8 Å². The predicted octanol–water partition coefficient (Wildman–Crippen LogP) is 3.55. The van der Waals surface area contributed by atoms with Gasteiger partial charge in [-0.15, -0.1) is 11.3 Å². The summed E-state index contributed by atoms with van der Waals surface area (Å²) in [4.78, 5) is 16.3. The zero-order valence-electron chi connectivity index (χ0n) is 12.8. The van der Waals surface area contributed by atoms with E-state index in [9.17, 15) is 9.18 Å². The van der Waals surface area contributed by atoms with E-state index in [2.05, 4.69) is 4.90 Å². The van der Waals surface area contributed by atoms with E-state index < -0.39 is 6.04 Å². The highest BCUT2D eigenvalue weighted by Crippen LogP contribution is 2.40. The van der Waals surface area contributed by atoms with Gasteiger partial charge in [0.05, 0.1) is 11.0 Å². The van der Waals surface area contributed by atoms with Crippen LogP contribution in [-0.2, 0) is 17.8 Å². The second kappa shape index (κ2) is 5.73. The molecule has 2 heterocycles. The van der Waals surface area contributed by atoms with E-state index >= 15 is 0 Å². The molecule has 1 aromatic heterocycles. The van der Waals surface area contributed by atoms with Gasteiger partial charge >= 0.3 is 0 Å². The number of nitrogens with zero attached hydrogens (tertiary/aromatic N) is 1. The molecule has 1 aromatic carbocycles. The summed E-state index contributed by atoms with van der Waals surface area (Å²) in [5.41, 5.74) is 7.60. The lowest BCUT2D eigenvalue weighted by Crippen LogP contribution is -2.38. The van der Waals surface area contributed by atoms with E-state index in [0.29, 0.717) is 12.1 Å². The minimum atomic E-state index is -0.474. The van der Waals surface area contributed by atoms with E-state index in [-0.39, 0.29) is 17.5 Å². The summed E-state index contributed by atoms with van der Waals surface area (Å²) in [6.45, 7) is 1.44. The Kier molecular flexibility index (Phi) is 3.70. The Morgan fingerprint density at radius 2 is 2.13 bits per heavy atom. The van der Waals surface area contributed by atoms with Crippen LogP contribution in [0.5, 0.6) is 0 Å². The van der Waals surface area contributed by atoms with Gasteiger partial charge < -0.3 is 5.73 Å². The molecule has 0 saturated heterocycles. The fraction of sp³-hybridized carbons (Fsp3) is 0.389. The van der Waals surface area contributed by atoms with Crippen LogP contribution >= 0.6 is 11.3 Å². The van der Waals surface area contributed by atoms with Gasteiger partial charge in [-0.3, -0.25) is 9.69 Å². The van der Waals surface area contributed by atoms with Crippen molar-refractivity contribution in [3.8, 4) is 0 Å². The highest BCUT2D eigenvalue weighted by atomic mass is 32.1. The number of carbonyl (C=O) groups excluding carboxylic acids is 1. The van der Waals surface area contributed by atoms with Crippen LogP contribution in [0.2, 0.25) is 0 Å². The van der Waals surface area contributed by atoms with E-state index in [1.165, 1.54) is 16.5 Å². The Morgan fingerprint density at radius 1 is 1.35 bits per heavy atom. The SMILES string of the molecule is Nc1cc2c(s1)CCN(C(C(=O)C1CC1)c1ccccc1F)C2. The quantitative estimate of drug-likeness (QED) is 0.932. The number of hydrogen-bond acceptors (Lipinski definition) is 4. The Morgan fingerprint density at radius 3 is 2.87 bits per heavy atom. The topological polar surface area (TPSA) is 46.3 Å². The number of Topliss-reactive ketones (excluding diaryl/α,β-unsaturated/α-hetero) is 1. The van der Waals surface area contributed by atoms with Crippen LogP contribution in [0.25, 0.3) is 0 Å². The first-order valence-electron chi connectivity index (χ1n) is 8.03. The molecule has 1 aliphatic carbocycles. The average Bonchev–Trinajstić information content (AvgIpc) is 3.31. The summed E-state index contributed by atoms with van der Waals surface area (Å²) in [6.07, 6.45) is 2.75. The summed E-state index contributed by atoms with van der Waals surface area (Å²) in [7, 11) is 0. The number of ketones is 1. The van der Waals surface area contributed by atoms with Gasteiger partial charge in [-0.25, -0.2) is 4.39 Å². The largest absolute Gasteiger partial charge is 0.391 e. The summed E-state index contributed by atoms with van der Waals surface area (Å²) in [5.74, 6) is -0.0163. The van der Waals surface area contributed by atoms with Crippen molar-refractivity contribution in [1.82, 2.24) is 4.90 Å². The van der Waals surface area contributed by atoms with Crippen LogP contribution in [0.3, 0.4) is 0 Å². The lowest BCUT2D eigenvalue weighted by Gasteiger charge is -2.34. The number of nitrogens with two attached hydrogens (primary N) is 1. The molecule has 1 fully saturated rings. The van der Waals surface area contributed by atoms with Gasteiger partial charge in [0.25, 0.3) is 0 Å². The lowest BCUT2D eigenvalue weighted by molar-refractivity contribution is -0.126. The number of benzene rings is 1. The number of rotatable bonds is 4. The molecule has 1 saturated carbocycles. The van der Waals surface area contributed by atoms with Crippen LogP contribution in [0.1, 0.15) is 34.9 Å². The molecular weight excluding hydrogens is 311 g/mol. The molecule has 3 nitrogen and oxygen atoms in total. The van der Waals surface area contributed by atoms with E-state index in [4.69, 9.17) is 5.73 Å². The van der Waals surface area contributed by atoms with Crippen LogP contribution in [0.4, 0.5) is 9.39 Å². The zero-order chi connectivity index (χ0) is 16.0. The number of fused-ring (bicyclic) bond motifs is 1. The van der Waals surface area contributed by atoms with Gasteiger partial charge in [-0.2, -0.15) is 0 Å². The second-order valence-electron chi connectivity index (χ2n) is 6.42. The molecule has 0 amide bonds. The molecule has 2 aliphatic rings. The van der Waals surface area contributed by atoms with Crippen molar-refractivity contribution >= 4 is 22.1 Å². The molecule has 120 valence electrons. The number of thiophene rings is 1. The maximum absolute atomic E-state index is 14.3. The van der Waals surface area contributed by atoms with Crippen LogP contribution in [-0.4, -0.2) is 17.2 Å². The lowest BCUT2D eigenvalue weighted by atomic mass is 9.95. The van der Waals surface area contributed by atoms with Gasteiger partial charge in [0.15, 0.2) is 5.78 Å². The summed E-state index contributed by atoms with van der Waals surface area (Å²) < 4.78 is 14.3. The van der Waals surface area contributed by atoms with Gasteiger partial charge in [0, 0.05) is 29.4 Å². The molecule has 23 heavy (non-hydrogen) atoms. The number of nitrogen functional groups attached to an aromatic ring is 1. The Balaban J connectivity index is 1.68. The maximum atomic E-state index is 14.3. The van der Waals surface area contributed by atoms with Gasteiger partial charge in [-0.1, -0.05) is 18.2 Å². The third kappa shape index (κ3) is 2.79. The number of anilines is 1. The zero-order valence-corrected chi connectivity index (χ0v) is 13.6. The first kappa shape index (κ1) is 14.8. The van der Waals surface area contributed by atoms with Crippen molar-refractivity contribution in [2.24, 2.45) is 5.92 Å². The Hall–Kier alpha value is -1.72. The molecule has 0 spiro atoms. The normalized spacial score (nSPS) is 19.3. The van der Waals surface area contributed by atoms with Crippen LogP contribution in [0, 0.1) is 11.7 Å². The number of halogens is 1. The van der Waals surface area contributed by atoms with Gasteiger partial charge in [0.2, 0.25) is 0 Å². The van der Waals surface area contributed by atoms with Crippen molar-refractivity contribution < 1.29 is 9.18 Å². The molecule has 1 unspecified atom stereocenters. The fourth-order valence-corrected chi connectivity index (χ4v) is 4.35. The van der Waals surface area contributed by atoms with Crippen LogP contribution in [0.15, 0.2) is 30.3 Å². The van der Waals surface area contributed by atoms with Crippen molar-refractivity contribution in [2.45, 2.75) is 31.8 Å². The van der Waals surface area contributed by atoms with E-state index in [1.807, 2.05) is 12.1 Å². The summed E-state index contributed by atoms with van der Waals surface area (Å²) in [6, 6.07) is 8.19. The molecule has 1 aliphatic heterocycles. The number of hydrogen-bond donors (Lipinski definition) is 1. The molecule has 1 atom stereocenters. The molecular formula is C18H19FN2OS. The van der Waals surface area contributed by atoms with Crippen LogP contribution < -0.4 is 5.73 Å².